The van der Waals surface area contributed by atoms with Crippen molar-refractivity contribution in [3.05, 3.63) is 47.0 Å². The molecule has 0 atom stereocenters. The van der Waals surface area contributed by atoms with Crippen LogP contribution in [0.5, 0.6) is 0 Å². The topological polar surface area (TPSA) is 140 Å². The van der Waals surface area contributed by atoms with Crippen molar-refractivity contribution in [3.63, 3.8) is 0 Å². The lowest BCUT2D eigenvalue weighted by Crippen LogP contribution is -2.23. The maximum atomic E-state index is 13.2. The van der Waals surface area contributed by atoms with Gasteiger partial charge in [-0.1, -0.05) is 17.3 Å². The van der Waals surface area contributed by atoms with Gasteiger partial charge in [-0.05, 0) is 42.1 Å². The molecule has 0 saturated carbocycles. The molecule has 1 aromatic carbocycles. The number of hydrogen-bond donors (Lipinski definition) is 2. The maximum absolute atomic E-state index is 13.2. The fourth-order valence-corrected chi connectivity index (χ4v) is 2.23. The smallest absolute Gasteiger partial charge is 0.293 e. The summed E-state index contributed by atoms with van der Waals surface area (Å²) in [7, 11) is 3.62. The van der Waals surface area contributed by atoms with E-state index in [1.807, 2.05) is 19.0 Å². The predicted octanol–water partition coefficient (Wildman–Crippen LogP) is 0.197. The number of hydrazone groups is 1. The molecule has 1 amide bonds. The molecule has 0 fully saturated rings. The van der Waals surface area contributed by atoms with E-state index in [0.29, 0.717) is 17.8 Å². The van der Waals surface area contributed by atoms with Crippen LogP contribution in [-0.4, -0.2) is 56.4 Å². The number of nitrogens with one attached hydrogen (secondary N) is 1. The molecule has 0 radical (unpaired) electrons. The van der Waals surface area contributed by atoms with Crippen molar-refractivity contribution in [1.82, 2.24) is 35.6 Å². The number of nitrogen functional groups attached to an aromatic ring is 1. The van der Waals surface area contributed by atoms with Gasteiger partial charge in [0.2, 0.25) is 11.6 Å². The molecule has 0 bridgehead atoms. The highest BCUT2D eigenvalue weighted by molar-refractivity contribution is 5.94. The van der Waals surface area contributed by atoms with Crippen molar-refractivity contribution < 1.29 is 13.8 Å². The summed E-state index contributed by atoms with van der Waals surface area (Å²) in [6.45, 7) is 0.315. The number of nitrogens with two attached hydrogens (primary N) is 1. The van der Waals surface area contributed by atoms with Crippen LogP contribution in [0.4, 0.5) is 10.2 Å². The first-order valence-corrected chi connectivity index (χ1v) is 7.72. The predicted molar refractivity (Wildman–Crippen MR) is 92.5 cm³/mol. The van der Waals surface area contributed by atoms with Gasteiger partial charge in [0.1, 0.15) is 5.82 Å². The van der Waals surface area contributed by atoms with E-state index in [0.717, 1.165) is 0 Å². The third kappa shape index (κ3) is 4.12. The van der Waals surface area contributed by atoms with E-state index < -0.39 is 11.7 Å². The molecule has 2 heterocycles. The number of rotatable bonds is 6. The standard InChI is InChI=1S/C15H16FN9O2/c1-24(2)8-11-12(19-23-25(11)14-13(17)21-27-22-14)15(26)20-18-7-9-4-3-5-10(16)6-9/h3-7H,8H2,1-2H3,(H2,17,21)(H,20,26)/b18-7-. The fourth-order valence-electron chi connectivity index (χ4n) is 2.23. The highest BCUT2D eigenvalue weighted by Crippen LogP contribution is 2.16. The zero-order valence-corrected chi connectivity index (χ0v) is 14.5. The van der Waals surface area contributed by atoms with E-state index in [1.54, 1.807) is 6.07 Å². The second-order valence-corrected chi connectivity index (χ2v) is 5.76. The number of carbonyl (C=O) groups excluding carboxylic acids is 1. The molecular weight excluding hydrogens is 357 g/mol. The number of hydrogen-bond acceptors (Lipinski definition) is 9. The van der Waals surface area contributed by atoms with Crippen LogP contribution in [0.25, 0.3) is 5.82 Å². The van der Waals surface area contributed by atoms with Crippen molar-refractivity contribution in [2.45, 2.75) is 6.54 Å². The Morgan fingerprint density at radius 3 is 2.93 bits per heavy atom. The first-order chi connectivity index (χ1) is 13.0. The third-order valence-electron chi connectivity index (χ3n) is 3.37. The average Bonchev–Trinajstić information content (AvgIpc) is 3.20. The van der Waals surface area contributed by atoms with Crippen LogP contribution in [0.3, 0.4) is 0 Å². The van der Waals surface area contributed by atoms with Crippen LogP contribution in [0, 0.1) is 5.82 Å². The second-order valence-electron chi connectivity index (χ2n) is 5.76. The highest BCUT2D eigenvalue weighted by Gasteiger charge is 2.24. The Balaban J connectivity index is 1.84. The van der Waals surface area contributed by atoms with Crippen LogP contribution in [0.2, 0.25) is 0 Å². The monoisotopic (exact) mass is 373 g/mol. The summed E-state index contributed by atoms with van der Waals surface area (Å²) >= 11 is 0. The molecule has 11 nitrogen and oxygen atoms in total. The summed E-state index contributed by atoms with van der Waals surface area (Å²) in [5.74, 6) is -0.862. The van der Waals surface area contributed by atoms with Gasteiger partial charge in [0.25, 0.3) is 5.91 Å². The van der Waals surface area contributed by atoms with Gasteiger partial charge in [-0.25, -0.2) is 14.4 Å². The average molecular weight is 373 g/mol. The lowest BCUT2D eigenvalue weighted by molar-refractivity contribution is 0.0948. The van der Waals surface area contributed by atoms with Gasteiger partial charge in [0.15, 0.2) is 5.69 Å². The van der Waals surface area contributed by atoms with Gasteiger partial charge in [-0.2, -0.15) is 9.78 Å². The molecule has 3 aromatic rings. The van der Waals surface area contributed by atoms with Crippen molar-refractivity contribution in [3.8, 4) is 5.82 Å². The van der Waals surface area contributed by atoms with Crippen LogP contribution in [-0.2, 0) is 6.54 Å². The fraction of sp³-hybridized carbons (Fsp3) is 0.200. The minimum Gasteiger partial charge on any atom is -0.378 e. The van der Waals surface area contributed by atoms with Crippen LogP contribution in [0.15, 0.2) is 34.0 Å². The van der Waals surface area contributed by atoms with Crippen LogP contribution < -0.4 is 11.2 Å². The Morgan fingerprint density at radius 1 is 1.44 bits per heavy atom. The first-order valence-electron chi connectivity index (χ1n) is 7.72. The Kier molecular flexibility index (Phi) is 5.17. The Hall–Kier alpha value is -3.67. The quantitative estimate of drug-likeness (QED) is 0.461. The molecule has 0 aliphatic carbocycles. The Morgan fingerprint density at radius 2 is 2.26 bits per heavy atom. The van der Waals surface area contributed by atoms with E-state index in [4.69, 9.17) is 5.73 Å². The number of anilines is 1. The third-order valence-corrected chi connectivity index (χ3v) is 3.37. The van der Waals surface area contributed by atoms with E-state index in [1.165, 1.54) is 29.1 Å². The van der Waals surface area contributed by atoms with Crippen molar-refractivity contribution >= 4 is 17.9 Å². The largest absolute Gasteiger partial charge is 0.378 e. The molecule has 0 saturated heterocycles. The summed E-state index contributed by atoms with van der Waals surface area (Å²) in [6, 6.07) is 5.78. The number of amides is 1. The lowest BCUT2D eigenvalue weighted by atomic mass is 10.2. The molecule has 27 heavy (non-hydrogen) atoms. The molecule has 0 aliphatic heterocycles. The highest BCUT2D eigenvalue weighted by atomic mass is 19.1. The van der Waals surface area contributed by atoms with Crippen molar-refractivity contribution in [2.24, 2.45) is 5.10 Å². The maximum Gasteiger partial charge on any atom is 0.293 e. The molecule has 140 valence electrons. The summed E-state index contributed by atoms with van der Waals surface area (Å²) in [5, 5.41) is 18.8. The van der Waals surface area contributed by atoms with Crippen LogP contribution >= 0.6 is 0 Å². The molecule has 2 aromatic heterocycles. The van der Waals surface area contributed by atoms with Gasteiger partial charge >= 0.3 is 0 Å². The molecule has 0 spiro atoms. The number of benzene rings is 1. The van der Waals surface area contributed by atoms with E-state index in [-0.39, 0.29) is 17.3 Å². The normalized spacial score (nSPS) is 11.4. The molecule has 3 N–H and O–H groups in total. The van der Waals surface area contributed by atoms with Crippen molar-refractivity contribution in [1.29, 1.82) is 0 Å². The van der Waals surface area contributed by atoms with Gasteiger partial charge in [-0.3, -0.25) is 4.79 Å². The van der Waals surface area contributed by atoms with E-state index in [2.05, 4.69) is 35.8 Å². The van der Waals surface area contributed by atoms with Gasteiger partial charge in [-0.15, -0.1) is 5.10 Å². The van der Waals surface area contributed by atoms with Crippen LogP contribution in [0.1, 0.15) is 21.7 Å². The number of nitrogens with zero attached hydrogens (tertiary/aromatic N) is 7. The first kappa shape index (κ1) is 18.1. The number of carbonyl (C=O) groups is 1. The summed E-state index contributed by atoms with van der Waals surface area (Å²) < 4.78 is 19.0. The van der Waals surface area contributed by atoms with Crippen molar-refractivity contribution in [2.75, 3.05) is 19.8 Å². The minimum absolute atomic E-state index is 0.0102. The Labute approximate surface area is 152 Å². The molecule has 3 rings (SSSR count). The van der Waals surface area contributed by atoms with Gasteiger partial charge < -0.3 is 10.6 Å². The summed E-state index contributed by atoms with van der Waals surface area (Å²) in [6.07, 6.45) is 1.32. The molecule has 0 unspecified atom stereocenters. The molecule has 0 aliphatic rings. The molecule has 12 heteroatoms. The summed E-state index contributed by atoms with van der Waals surface area (Å²) in [4.78, 5) is 14.3. The zero-order valence-electron chi connectivity index (χ0n) is 14.5. The minimum atomic E-state index is -0.597. The van der Waals surface area contributed by atoms with E-state index in [9.17, 15) is 9.18 Å². The summed E-state index contributed by atoms with van der Waals surface area (Å²) in [5.41, 5.74) is 8.97. The Bertz CT molecular complexity index is 979. The SMILES string of the molecule is CN(C)Cc1c(C(=O)N/N=C\c2cccc(F)c2)nnn1-c1nonc1N. The number of halogens is 1. The van der Waals surface area contributed by atoms with E-state index >= 15 is 0 Å². The second kappa shape index (κ2) is 7.70. The number of aromatic nitrogens is 5. The van der Waals surface area contributed by atoms with Gasteiger partial charge in [0, 0.05) is 6.54 Å². The molecular formula is C15H16FN9O2. The zero-order chi connectivity index (χ0) is 19.4. The lowest BCUT2D eigenvalue weighted by Gasteiger charge is -2.11. The van der Waals surface area contributed by atoms with Gasteiger partial charge in [0.05, 0.1) is 11.9 Å².